The zero-order chi connectivity index (χ0) is 20.5. The number of amides is 1. The first-order valence-electron chi connectivity index (χ1n) is 9.05. The van der Waals surface area contributed by atoms with E-state index in [1.807, 2.05) is 49.4 Å². The number of thiazole rings is 1. The molecule has 0 spiro atoms. The van der Waals surface area contributed by atoms with Crippen molar-refractivity contribution in [3.8, 4) is 0 Å². The number of para-hydroxylation sites is 1. The Bertz CT molecular complexity index is 1240. The molecule has 2 aromatic heterocycles. The number of aromatic amines is 1. The highest BCUT2D eigenvalue weighted by Crippen LogP contribution is 2.27. The van der Waals surface area contributed by atoms with Crippen LogP contribution in [0.15, 0.2) is 48.7 Å². The molecule has 2 heterocycles. The fraction of sp³-hybridized carbons (Fsp3) is 0.136. The average molecular weight is 424 g/mol. The first-order valence-corrected chi connectivity index (χ1v) is 10.2. The third-order valence-electron chi connectivity index (χ3n) is 4.74. The quantitative estimate of drug-likeness (QED) is 0.337. The molecule has 5 nitrogen and oxygen atoms in total. The summed E-state index contributed by atoms with van der Waals surface area (Å²) in [6, 6.07) is 13.3. The van der Waals surface area contributed by atoms with Gasteiger partial charge in [0.05, 0.1) is 5.56 Å². The molecule has 1 amide bonds. The second kappa shape index (κ2) is 7.81. The Kier molecular flexibility index (Phi) is 5.22. The highest BCUT2D eigenvalue weighted by atomic mass is 35.5. The Hall–Kier alpha value is -2.96. The molecule has 0 aliphatic carbocycles. The molecule has 7 heteroatoms. The molecule has 29 heavy (non-hydrogen) atoms. The number of carbonyl (C=O) groups is 2. The number of halogens is 1. The van der Waals surface area contributed by atoms with E-state index in [2.05, 4.69) is 15.3 Å². The molecule has 0 saturated carbocycles. The lowest BCUT2D eigenvalue weighted by molar-refractivity contribution is -0.112. The molecule has 2 N–H and O–H groups in total. The molecule has 0 unspecified atom stereocenters. The number of aromatic nitrogens is 2. The monoisotopic (exact) mass is 423 g/mol. The summed E-state index contributed by atoms with van der Waals surface area (Å²) in [5.41, 5.74) is 3.90. The van der Waals surface area contributed by atoms with Crippen LogP contribution in [0.1, 0.15) is 32.1 Å². The summed E-state index contributed by atoms with van der Waals surface area (Å²) in [5, 5.41) is 4.48. The zero-order valence-electron chi connectivity index (χ0n) is 15.9. The van der Waals surface area contributed by atoms with Crippen LogP contribution < -0.4 is 5.32 Å². The van der Waals surface area contributed by atoms with Gasteiger partial charge in [-0.3, -0.25) is 14.9 Å². The smallest absolute Gasteiger partial charge is 0.298 e. The Morgan fingerprint density at radius 2 is 1.93 bits per heavy atom. The van der Waals surface area contributed by atoms with E-state index in [1.54, 1.807) is 13.1 Å². The van der Waals surface area contributed by atoms with E-state index in [0.717, 1.165) is 31.9 Å². The van der Waals surface area contributed by atoms with Crippen LogP contribution in [0.2, 0.25) is 5.02 Å². The standard InChI is InChI=1S/C22H18ClN3O2S/c1-12-6-5-7-14(19(12)23)10-15-11-24-22(29-15)26-21(28)20(27)18-13(2)25-17-9-4-3-8-16(17)18/h3-9,11,25H,10H2,1-2H3,(H,24,26,28). The van der Waals surface area contributed by atoms with Gasteiger partial charge in [-0.25, -0.2) is 4.98 Å². The van der Waals surface area contributed by atoms with Crippen molar-refractivity contribution in [2.45, 2.75) is 20.3 Å². The van der Waals surface area contributed by atoms with Gasteiger partial charge in [0, 0.05) is 39.1 Å². The summed E-state index contributed by atoms with van der Waals surface area (Å²) in [5.74, 6) is -1.29. The van der Waals surface area contributed by atoms with Crippen molar-refractivity contribution < 1.29 is 9.59 Å². The summed E-state index contributed by atoms with van der Waals surface area (Å²) < 4.78 is 0. The minimum Gasteiger partial charge on any atom is -0.358 e. The first kappa shape index (κ1) is 19.4. The third kappa shape index (κ3) is 3.81. The number of Topliss-reactive ketones (excluding diaryl/α,β-unsaturated/α-hetero) is 1. The van der Waals surface area contributed by atoms with Crippen molar-refractivity contribution in [1.29, 1.82) is 0 Å². The minimum atomic E-state index is -0.702. The Labute approximate surface area is 176 Å². The fourth-order valence-electron chi connectivity index (χ4n) is 3.32. The van der Waals surface area contributed by atoms with Crippen LogP contribution in [0.5, 0.6) is 0 Å². The van der Waals surface area contributed by atoms with Crippen LogP contribution in [0, 0.1) is 13.8 Å². The summed E-state index contributed by atoms with van der Waals surface area (Å²) >= 11 is 7.69. The van der Waals surface area contributed by atoms with Crippen LogP contribution in [-0.2, 0) is 11.2 Å². The fourth-order valence-corrected chi connectivity index (χ4v) is 4.34. The van der Waals surface area contributed by atoms with Gasteiger partial charge in [0.2, 0.25) is 0 Å². The number of rotatable bonds is 5. The van der Waals surface area contributed by atoms with E-state index in [0.29, 0.717) is 22.8 Å². The molecule has 0 aliphatic heterocycles. The number of benzene rings is 2. The second-order valence-corrected chi connectivity index (χ2v) is 8.30. The minimum absolute atomic E-state index is 0.389. The number of hydrogen-bond acceptors (Lipinski definition) is 4. The normalized spacial score (nSPS) is 11.0. The van der Waals surface area contributed by atoms with Crippen LogP contribution in [0.3, 0.4) is 0 Å². The van der Waals surface area contributed by atoms with Crippen molar-refractivity contribution >= 4 is 50.7 Å². The van der Waals surface area contributed by atoms with Crippen LogP contribution in [-0.4, -0.2) is 21.7 Å². The van der Waals surface area contributed by atoms with Crippen molar-refractivity contribution in [2.24, 2.45) is 0 Å². The number of fused-ring (bicyclic) bond motifs is 1. The number of anilines is 1. The number of H-pyrrole nitrogens is 1. The molecule has 4 rings (SSSR count). The molecule has 0 fully saturated rings. The van der Waals surface area contributed by atoms with Gasteiger partial charge in [-0.2, -0.15) is 0 Å². The largest absolute Gasteiger partial charge is 0.358 e. The second-order valence-electron chi connectivity index (χ2n) is 6.81. The molecule has 4 aromatic rings. The average Bonchev–Trinajstić information content (AvgIpc) is 3.27. The zero-order valence-corrected chi connectivity index (χ0v) is 17.4. The first-order chi connectivity index (χ1) is 13.9. The third-order valence-corrected chi connectivity index (χ3v) is 6.19. The number of hydrogen-bond donors (Lipinski definition) is 2. The van der Waals surface area contributed by atoms with Crippen molar-refractivity contribution in [3.63, 3.8) is 0 Å². The number of ketones is 1. The molecule has 0 bridgehead atoms. The number of aryl methyl sites for hydroxylation is 2. The molecule has 0 atom stereocenters. The Morgan fingerprint density at radius 1 is 1.14 bits per heavy atom. The van der Waals surface area contributed by atoms with Gasteiger partial charge in [-0.1, -0.05) is 48.0 Å². The summed E-state index contributed by atoms with van der Waals surface area (Å²) in [7, 11) is 0. The molecule has 2 aromatic carbocycles. The lowest BCUT2D eigenvalue weighted by Crippen LogP contribution is -2.23. The van der Waals surface area contributed by atoms with Gasteiger partial charge >= 0.3 is 0 Å². The maximum absolute atomic E-state index is 12.8. The van der Waals surface area contributed by atoms with Crippen LogP contribution in [0.25, 0.3) is 10.9 Å². The summed E-state index contributed by atoms with van der Waals surface area (Å²) in [4.78, 5) is 33.6. The molecule has 0 aliphatic rings. The molecular weight excluding hydrogens is 406 g/mol. The summed E-state index contributed by atoms with van der Waals surface area (Å²) in [6.07, 6.45) is 2.31. The molecular formula is C22H18ClN3O2S. The van der Waals surface area contributed by atoms with Crippen molar-refractivity contribution in [2.75, 3.05) is 5.32 Å². The highest BCUT2D eigenvalue weighted by Gasteiger charge is 2.23. The Balaban J connectivity index is 1.51. The van der Waals surface area contributed by atoms with Crippen molar-refractivity contribution in [3.05, 3.63) is 80.9 Å². The molecule has 0 saturated heterocycles. The van der Waals surface area contributed by atoms with Crippen LogP contribution in [0.4, 0.5) is 5.13 Å². The van der Waals surface area contributed by atoms with Crippen molar-refractivity contribution in [1.82, 2.24) is 9.97 Å². The number of nitrogens with zero attached hydrogens (tertiary/aromatic N) is 1. The van der Waals surface area contributed by atoms with Gasteiger partial charge in [0.25, 0.3) is 11.7 Å². The van der Waals surface area contributed by atoms with E-state index in [1.165, 1.54) is 11.3 Å². The topological polar surface area (TPSA) is 74.8 Å². The predicted molar refractivity (Wildman–Crippen MR) is 117 cm³/mol. The SMILES string of the molecule is Cc1cccc(Cc2cnc(NC(=O)C(=O)c3c(C)[nH]c4ccccc34)s2)c1Cl. The van der Waals surface area contributed by atoms with Gasteiger partial charge in [-0.05, 0) is 31.0 Å². The lowest BCUT2D eigenvalue weighted by Gasteiger charge is -2.04. The number of nitrogens with one attached hydrogen (secondary N) is 2. The molecule has 146 valence electrons. The van der Waals surface area contributed by atoms with E-state index in [-0.39, 0.29) is 0 Å². The van der Waals surface area contributed by atoms with Gasteiger partial charge in [0.15, 0.2) is 5.13 Å². The van der Waals surface area contributed by atoms with E-state index >= 15 is 0 Å². The maximum atomic E-state index is 12.8. The highest BCUT2D eigenvalue weighted by molar-refractivity contribution is 7.15. The van der Waals surface area contributed by atoms with Gasteiger partial charge in [0.1, 0.15) is 0 Å². The lowest BCUT2D eigenvalue weighted by atomic mass is 10.1. The van der Waals surface area contributed by atoms with E-state index in [4.69, 9.17) is 11.6 Å². The predicted octanol–water partition coefficient (Wildman–Crippen LogP) is 5.31. The summed E-state index contributed by atoms with van der Waals surface area (Å²) in [6.45, 7) is 3.75. The maximum Gasteiger partial charge on any atom is 0.298 e. The van der Waals surface area contributed by atoms with E-state index in [9.17, 15) is 9.59 Å². The number of carbonyl (C=O) groups excluding carboxylic acids is 2. The van der Waals surface area contributed by atoms with E-state index < -0.39 is 11.7 Å². The van der Waals surface area contributed by atoms with Gasteiger partial charge < -0.3 is 4.98 Å². The molecule has 0 radical (unpaired) electrons. The van der Waals surface area contributed by atoms with Crippen LogP contribution >= 0.6 is 22.9 Å². The Morgan fingerprint density at radius 3 is 2.76 bits per heavy atom. The van der Waals surface area contributed by atoms with Gasteiger partial charge in [-0.15, -0.1) is 11.3 Å².